The highest BCUT2D eigenvalue weighted by Gasteiger charge is 2.39. The molecule has 0 bridgehead atoms. The number of likely N-dealkylation sites (tertiary alicyclic amines) is 1. The van der Waals surface area contributed by atoms with Crippen molar-refractivity contribution in [2.45, 2.75) is 32.2 Å². The molecule has 0 aromatic rings. The van der Waals surface area contributed by atoms with Gasteiger partial charge in [-0.25, -0.2) is 4.79 Å². The molecule has 8 nitrogen and oxygen atoms in total. The Hall–Kier alpha value is -1.71. The minimum absolute atomic E-state index is 0.0688. The van der Waals surface area contributed by atoms with Gasteiger partial charge in [-0.15, -0.1) is 3.89 Å². The molecular weight excluding hydrogens is 319 g/mol. The molecule has 0 radical (unpaired) electrons. The van der Waals surface area contributed by atoms with Gasteiger partial charge in [0.2, 0.25) is 11.8 Å². The molecule has 2 N–H and O–H groups in total. The van der Waals surface area contributed by atoms with E-state index in [1.54, 1.807) is 6.92 Å². The zero-order valence-electron chi connectivity index (χ0n) is 12.1. The minimum Gasteiger partial charge on any atom is -0.480 e. The lowest BCUT2D eigenvalue weighted by Gasteiger charge is -2.24. The van der Waals surface area contributed by atoms with Crippen molar-refractivity contribution in [3.63, 3.8) is 0 Å². The van der Waals surface area contributed by atoms with Crippen LogP contribution < -0.4 is 5.32 Å². The van der Waals surface area contributed by atoms with E-state index >= 15 is 0 Å². The van der Waals surface area contributed by atoms with Gasteiger partial charge in [0.1, 0.15) is 6.04 Å². The summed E-state index contributed by atoms with van der Waals surface area (Å²) >= 11 is 0. The molecule has 0 aromatic carbocycles. The second-order valence-electron chi connectivity index (χ2n) is 5.17. The summed E-state index contributed by atoms with van der Waals surface area (Å²) in [5.74, 6) is -3.73. The fraction of sp³-hybridized carbons (Fsp3) is 0.750. The number of carbonyl (C=O) groups excluding carboxylic acids is 2. The predicted molar refractivity (Wildman–Crippen MR) is 74.1 cm³/mol. The predicted octanol–water partition coefficient (Wildman–Crippen LogP) is -0.496. The smallest absolute Gasteiger partial charge is 0.326 e. The van der Waals surface area contributed by atoms with E-state index < -0.39 is 39.8 Å². The Morgan fingerprint density at radius 1 is 1.50 bits per heavy atom. The Balaban J connectivity index is 2.69. The van der Waals surface area contributed by atoms with Crippen LogP contribution in [0, 0.1) is 5.92 Å². The molecule has 22 heavy (non-hydrogen) atoms. The number of hydrogen-bond acceptors (Lipinski definition) is 5. The number of carboxylic acids is 1. The first-order valence-corrected chi connectivity index (χ1v) is 8.40. The number of hydrogen-bond donors (Lipinski definition) is 2. The van der Waals surface area contributed by atoms with Crippen LogP contribution in [0.15, 0.2) is 0 Å². The van der Waals surface area contributed by atoms with Crippen LogP contribution in [0.4, 0.5) is 3.89 Å². The maximum Gasteiger partial charge on any atom is 0.326 e. The summed E-state index contributed by atoms with van der Waals surface area (Å²) in [5, 5.41) is 11.7. The maximum absolute atomic E-state index is 12.7. The van der Waals surface area contributed by atoms with Crippen LogP contribution in [0.3, 0.4) is 0 Å². The second-order valence-corrected chi connectivity index (χ2v) is 6.58. The third kappa shape index (κ3) is 5.58. The Labute approximate surface area is 127 Å². The number of amides is 2. The van der Waals surface area contributed by atoms with E-state index in [-0.39, 0.29) is 31.7 Å². The van der Waals surface area contributed by atoms with Gasteiger partial charge in [0.25, 0.3) is 0 Å². The number of carboxylic acid groups (broad SMARTS) is 1. The Kier molecular flexibility index (Phi) is 6.27. The molecule has 126 valence electrons. The lowest BCUT2D eigenvalue weighted by Crippen LogP contribution is -2.43. The topological polar surface area (TPSA) is 121 Å². The highest BCUT2D eigenvalue weighted by atomic mass is 32.3. The first kappa shape index (κ1) is 18.3. The molecule has 0 aromatic heterocycles. The van der Waals surface area contributed by atoms with Gasteiger partial charge in [-0.2, -0.15) is 8.42 Å². The molecule has 1 aliphatic heterocycles. The summed E-state index contributed by atoms with van der Waals surface area (Å²) in [7, 11) is -4.72. The van der Waals surface area contributed by atoms with E-state index in [0.717, 1.165) is 4.90 Å². The summed E-state index contributed by atoms with van der Waals surface area (Å²) in [4.78, 5) is 35.5. The van der Waals surface area contributed by atoms with Crippen molar-refractivity contribution >= 4 is 28.0 Å². The standard InChI is InChI=1S/C12H19FN2O6S/c1-2-14-10(16)4-3-9(12(18)19)15-6-8(5-11(15)17)7-22(13,20)21/h8-9H,2-7H2,1H3,(H,14,16)(H,18,19)/t8?,9-/m0/s1. The van der Waals surface area contributed by atoms with Crippen LogP contribution in [0.2, 0.25) is 0 Å². The van der Waals surface area contributed by atoms with Gasteiger partial charge >= 0.3 is 16.2 Å². The van der Waals surface area contributed by atoms with E-state index in [2.05, 4.69) is 5.32 Å². The summed E-state index contributed by atoms with van der Waals surface area (Å²) in [5.41, 5.74) is 0. The fourth-order valence-electron chi connectivity index (χ4n) is 2.47. The lowest BCUT2D eigenvalue weighted by atomic mass is 10.1. The highest BCUT2D eigenvalue weighted by Crippen LogP contribution is 2.24. The van der Waals surface area contributed by atoms with Gasteiger partial charge in [0.05, 0.1) is 5.75 Å². The van der Waals surface area contributed by atoms with Crippen LogP contribution in [0.5, 0.6) is 0 Å². The van der Waals surface area contributed by atoms with E-state index in [1.165, 1.54) is 0 Å². The largest absolute Gasteiger partial charge is 0.480 e. The van der Waals surface area contributed by atoms with E-state index in [0.29, 0.717) is 6.54 Å². The second kappa shape index (κ2) is 7.52. The van der Waals surface area contributed by atoms with Crippen LogP contribution in [0.1, 0.15) is 26.2 Å². The SMILES string of the molecule is CCNC(=O)CC[C@@H](C(=O)O)N1CC(CS(=O)(=O)F)CC1=O. The molecule has 0 spiro atoms. The van der Waals surface area contributed by atoms with Crippen molar-refractivity contribution in [2.24, 2.45) is 5.92 Å². The molecule has 0 aliphatic carbocycles. The summed E-state index contributed by atoms with van der Waals surface area (Å²) < 4.78 is 33.9. The van der Waals surface area contributed by atoms with E-state index in [1.807, 2.05) is 0 Å². The Bertz CT molecular complexity index is 550. The fourth-order valence-corrected chi connectivity index (χ4v) is 3.26. The number of rotatable bonds is 8. The normalized spacial score (nSPS) is 20.0. The van der Waals surface area contributed by atoms with Gasteiger partial charge in [-0.3, -0.25) is 9.59 Å². The number of halogens is 1. The minimum atomic E-state index is -4.72. The van der Waals surface area contributed by atoms with Crippen LogP contribution >= 0.6 is 0 Å². The lowest BCUT2D eigenvalue weighted by molar-refractivity contribution is -0.148. The molecule has 1 aliphatic rings. The van der Waals surface area contributed by atoms with Crippen molar-refractivity contribution in [3.05, 3.63) is 0 Å². The molecule has 2 atom stereocenters. The van der Waals surface area contributed by atoms with Crippen molar-refractivity contribution in [2.75, 3.05) is 18.8 Å². The van der Waals surface area contributed by atoms with Crippen molar-refractivity contribution in [3.8, 4) is 0 Å². The Morgan fingerprint density at radius 2 is 2.14 bits per heavy atom. The molecule has 1 heterocycles. The number of carbonyl (C=O) groups is 3. The number of nitrogens with one attached hydrogen (secondary N) is 1. The van der Waals surface area contributed by atoms with Crippen LogP contribution in [-0.2, 0) is 24.6 Å². The molecule has 1 fully saturated rings. The third-order valence-electron chi connectivity index (χ3n) is 3.35. The van der Waals surface area contributed by atoms with E-state index in [9.17, 15) is 31.8 Å². The first-order valence-electron chi connectivity index (χ1n) is 6.85. The molecule has 10 heteroatoms. The average Bonchev–Trinajstić information content (AvgIpc) is 2.68. The third-order valence-corrected chi connectivity index (χ3v) is 4.22. The summed E-state index contributed by atoms with van der Waals surface area (Å²) in [6, 6.07) is -1.22. The monoisotopic (exact) mass is 338 g/mol. The maximum atomic E-state index is 12.7. The molecular formula is C12H19FN2O6S. The molecule has 1 saturated heterocycles. The zero-order valence-corrected chi connectivity index (χ0v) is 12.9. The van der Waals surface area contributed by atoms with Gasteiger partial charge in [-0.1, -0.05) is 0 Å². The van der Waals surface area contributed by atoms with Gasteiger partial charge in [0, 0.05) is 31.8 Å². The van der Waals surface area contributed by atoms with Crippen LogP contribution in [0.25, 0.3) is 0 Å². The van der Waals surface area contributed by atoms with Crippen molar-refractivity contribution in [1.29, 1.82) is 0 Å². The molecule has 1 unspecified atom stereocenters. The van der Waals surface area contributed by atoms with Gasteiger partial charge < -0.3 is 15.3 Å². The van der Waals surface area contributed by atoms with E-state index in [4.69, 9.17) is 0 Å². The Morgan fingerprint density at radius 3 is 2.64 bits per heavy atom. The van der Waals surface area contributed by atoms with Gasteiger partial charge in [0.15, 0.2) is 0 Å². The quantitative estimate of drug-likeness (QED) is 0.576. The van der Waals surface area contributed by atoms with Crippen molar-refractivity contribution in [1.82, 2.24) is 10.2 Å². The zero-order chi connectivity index (χ0) is 16.9. The first-order chi connectivity index (χ1) is 10.1. The summed E-state index contributed by atoms with van der Waals surface area (Å²) in [6.45, 7) is 1.99. The van der Waals surface area contributed by atoms with Gasteiger partial charge in [-0.05, 0) is 13.3 Å². The number of nitrogens with zero attached hydrogens (tertiary/aromatic N) is 1. The average molecular weight is 338 g/mol. The molecule has 1 rings (SSSR count). The number of aliphatic carboxylic acids is 1. The molecule has 2 amide bonds. The summed E-state index contributed by atoms with van der Waals surface area (Å²) in [6.07, 6.45) is -0.364. The van der Waals surface area contributed by atoms with Crippen molar-refractivity contribution < 1.29 is 31.8 Å². The molecule has 0 saturated carbocycles. The van der Waals surface area contributed by atoms with Crippen LogP contribution in [-0.4, -0.2) is 61.1 Å². The highest BCUT2D eigenvalue weighted by molar-refractivity contribution is 7.86.